The molecule has 310 valence electrons. The Labute approximate surface area is 316 Å². The van der Waals surface area contributed by atoms with Gasteiger partial charge in [-0.1, -0.05) is 32.9 Å². The molecule has 0 aromatic carbocycles. The van der Waals surface area contributed by atoms with Crippen LogP contribution in [-0.2, 0) is 38.0 Å². The molecule has 15 heteroatoms. The molecule has 0 amide bonds. The number of likely N-dealkylation sites (N-methyl/N-ethyl adjacent to an activating group) is 1. The molecule has 3 aliphatic heterocycles. The number of rotatable bonds is 9. The molecule has 3 saturated heterocycles. The Morgan fingerprint density at radius 1 is 0.887 bits per heavy atom. The molecule has 3 aliphatic rings. The van der Waals surface area contributed by atoms with Gasteiger partial charge in [0.1, 0.15) is 23.9 Å². The summed E-state index contributed by atoms with van der Waals surface area (Å²) in [6.45, 7) is 17.3. The third-order valence-corrected chi connectivity index (χ3v) is 12.6. The lowest BCUT2D eigenvalue weighted by Gasteiger charge is -2.50. The first kappa shape index (κ1) is 46.0. The number of hydrogen-bond donors (Lipinski definition) is 4. The number of aliphatic hydroxyl groups is 4. The summed E-state index contributed by atoms with van der Waals surface area (Å²) in [5.74, 6) is -3.80. The predicted octanol–water partition coefficient (Wildman–Crippen LogP) is 3.01. The number of nitroso groups, excluding NO2 is 1. The maximum absolute atomic E-state index is 14.2. The third-order valence-electron chi connectivity index (χ3n) is 12.6. The van der Waals surface area contributed by atoms with E-state index in [-0.39, 0.29) is 31.4 Å². The van der Waals surface area contributed by atoms with Gasteiger partial charge in [-0.25, -0.2) is 0 Å². The lowest BCUT2D eigenvalue weighted by atomic mass is 9.72. The Hall–Kier alpha value is -1.37. The summed E-state index contributed by atoms with van der Waals surface area (Å²) >= 11 is 0. The van der Waals surface area contributed by atoms with Gasteiger partial charge in [0.05, 0.1) is 53.7 Å². The van der Waals surface area contributed by atoms with Crippen molar-refractivity contribution in [3.8, 4) is 0 Å². The number of cyclic esters (lactones) is 1. The molecule has 0 saturated carbocycles. The number of nitrogens with zero attached hydrogens (tertiary/aromatic N) is 2. The molecule has 3 heterocycles. The standard InChI is InChI=1S/C38H70N2O13/c1-15-26-38(10,45)31(42)21(4)28(39-46)19(2)17-37(9,48-14)33(53-35-29(41)25(40(11)12)16-20(3)49-35)22(5)30(23(6)34(44)51-26)52-27-18-36(8,47-13)32(43)24(7)50-27/h19-33,35,41-43,45H,15-18H2,1-14H3/t19-,20-,21+,22+,23-,24+,25+,26-,27+,28?,29-,30+,31-,32+,33-,35+,36-,37-,38-/m1/s1. The molecule has 0 radical (unpaired) electrons. The Morgan fingerprint density at radius 3 is 2.02 bits per heavy atom. The third kappa shape index (κ3) is 9.78. The lowest BCUT2D eigenvalue weighted by molar-refractivity contribution is -0.319. The maximum Gasteiger partial charge on any atom is 0.311 e. The van der Waals surface area contributed by atoms with Gasteiger partial charge in [-0.05, 0) is 80.8 Å². The first-order chi connectivity index (χ1) is 24.5. The number of esters is 1. The van der Waals surface area contributed by atoms with Gasteiger partial charge < -0.3 is 58.5 Å². The van der Waals surface area contributed by atoms with Gasteiger partial charge in [-0.2, -0.15) is 4.91 Å². The molecule has 1 unspecified atom stereocenters. The van der Waals surface area contributed by atoms with Gasteiger partial charge >= 0.3 is 5.97 Å². The van der Waals surface area contributed by atoms with Crippen LogP contribution in [0.25, 0.3) is 0 Å². The summed E-state index contributed by atoms with van der Waals surface area (Å²) in [7, 11) is 6.78. The highest BCUT2D eigenvalue weighted by molar-refractivity contribution is 5.73. The maximum atomic E-state index is 14.2. The van der Waals surface area contributed by atoms with Gasteiger partial charge in [0.2, 0.25) is 0 Å². The van der Waals surface area contributed by atoms with Crippen molar-refractivity contribution in [1.82, 2.24) is 4.90 Å². The number of carbonyl (C=O) groups excluding carboxylic acids is 1. The predicted molar refractivity (Wildman–Crippen MR) is 196 cm³/mol. The Balaban J connectivity index is 2.24. The van der Waals surface area contributed by atoms with Crippen LogP contribution >= 0.6 is 0 Å². The fourth-order valence-electron chi connectivity index (χ4n) is 8.96. The Morgan fingerprint density at radius 2 is 1.49 bits per heavy atom. The Kier molecular flexibility index (Phi) is 15.9. The minimum Gasteiger partial charge on any atom is -0.459 e. The molecule has 0 aliphatic carbocycles. The quantitative estimate of drug-likeness (QED) is 0.198. The molecule has 15 nitrogen and oxygen atoms in total. The van der Waals surface area contributed by atoms with Crippen molar-refractivity contribution >= 4 is 5.97 Å². The van der Waals surface area contributed by atoms with E-state index in [0.29, 0.717) is 6.42 Å². The van der Waals surface area contributed by atoms with E-state index in [0.717, 1.165) is 0 Å². The first-order valence-electron chi connectivity index (χ1n) is 19.2. The van der Waals surface area contributed by atoms with E-state index in [1.165, 1.54) is 21.1 Å². The highest BCUT2D eigenvalue weighted by Gasteiger charge is 2.54. The summed E-state index contributed by atoms with van der Waals surface area (Å²) < 4.78 is 44.1. The van der Waals surface area contributed by atoms with E-state index in [4.69, 9.17) is 33.2 Å². The van der Waals surface area contributed by atoms with E-state index in [2.05, 4.69) is 5.18 Å². The van der Waals surface area contributed by atoms with E-state index in [1.54, 1.807) is 34.6 Å². The van der Waals surface area contributed by atoms with Gasteiger partial charge in [-0.15, -0.1) is 0 Å². The Bertz CT molecular complexity index is 1190. The largest absolute Gasteiger partial charge is 0.459 e. The molecule has 4 N–H and O–H groups in total. The molecule has 3 fully saturated rings. The van der Waals surface area contributed by atoms with Crippen molar-refractivity contribution in [2.24, 2.45) is 28.8 Å². The average molecular weight is 763 g/mol. The minimum absolute atomic E-state index is 0.125. The summed E-state index contributed by atoms with van der Waals surface area (Å²) in [5.41, 5.74) is -4.21. The van der Waals surface area contributed by atoms with Crippen LogP contribution in [0, 0.1) is 28.6 Å². The van der Waals surface area contributed by atoms with Crippen LogP contribution in [0.2, 0.25) is 0 Å². The van der Waals surface area contributed by atoms with Crippen molar-refractivity contribution in [1.29, 1.82) is 0 Å². The molecule has 53 heavy (non-hydrogen) atoms. The lowest BCUT2D eigenvalue weighted by Crippen LogP contribution is -2.61. The van der Waals surface area contributed by atoms with Crippen molar-refractivity contribution in [2.75, 3.05) is 28.3 Å². The summed E-state index contributed by atoms with van der Waals surface area (Å²) in [5, 5.41) is 49.3. The number of ether oxygens (including phenoxy) is 7. The van der Waals surface area contributed by atoms with Gasteiger partial charge in [-0.3, -0.25) is 4.79 Å². The van der Waals surface area contributed by atoms with Gasteiger partial charge in [0.25, 0.3) is 0 Å². The van der Waals surface area contributed by atoms with E-state index in [1.807, 2.05) is 46.7 Å². The van der Waals surface area contributed by atoms with E-state index < -0.39 is 108 Å². The molecule has 0 aromatic heterocycles. The molecule has 0 aromatic rings. The fourth-order valence-corrected chi connectivity index (χ4v) is 8.96. The number of aliphatic hydroxyl groups excluding tert-OH is 3. The second-order valence-corrected chi connectivity index (χ2v) is 17.0. The summed E-state index contributed by atoms with van der Waals surface area (Å²) in [4.78, 5) is 28.7. The van der Waals surface area contributed by atoms with Crippen LogP contribution in [0.5, 0.6) is 0 Å². The molecule has 19 atom stereocenters. The van der Waals surface area contributed by atoms with Crippen molar-refractivity contribution in [3.63, 3.8) is 0 Å². The zero-order valence-electron chi connectivity index (χ0n) is 34.4. The van der Waals surface area contributed by atoms with Gasteiger partial charge in [0, 0.05) is 38.5 Å². The van der Waals surface area contributed by atoms with Crippen LogP contribution in [-0.4, -0.2) is 150 Å². The highest BCUT2D eigenvalue weighted by atomic mass is 16.7. The monoisotopic (exact) mass is 762 g/mol. The van der Waals surface area contributed by atoms with Crippen molar-refractivity contribution in [3.05, 3.63) is 4.91 Å². The van der Waals surface area contributed by atoms with Crippen LogP contribution in [0.4, 0.5) is 0 Å². The summed E-state index contributed by atoms with van der Waals surface area (Å²) in [6.07, 6.45) is -8.60. The van der Waals surface area contributed by atoms with Crippen LogP contribution in [0.15, 0.2) is 5.18 Å². The second kappa shape index (κ2) is 18.3. The van der Waals surface area contributed by atoms with Crippen LogP contribution in [0.3, 0.4) is 0 Å². The molecular formula is C38H70N2O13. The topological polar surface area (TPSA) is 195 Å². The zero-order chi connectivity index (χ0) is 40.4. The SMILES string of the molecule is CC[C@H]1OC(=O)[C@H](C)[C@@H](O[C@H]2C[C@@](C)(OC)[C@@H](O)[C@H](C)O2)[C@H](C)[C@@H](O[C@@H]2O[C@H](C)C[C@H](N(C)C)[C@H]2O)[C@](C)(OC)C[C@@H](C)C(N=O)[C@H](C)[C@@H](O)[C@]1(C)O. The fraction of sp³-hybridized carbons (Fsp3) is 0.974. The number of hydrogen-bond acceptors (Lipinski definition) is 15. The van der Waals surface area contributed by atoms with Crippen molar-refractivity contribution in [2.45, 2.75) is 185 Å². The highest BCUT2D eigenvalue weighted by Crippen LogP contribution is 2.42. The zero-order valence-corrected chi connectivity index (χ0v) is 34.4. The van der Waals surface area contributed by atoms with Crippen LogP contribution < -0.4 is 0 Å². The molecule has 0 bridgehead atoms. The molecular weight excluding hydrogens is 692 g/mol. The normalized spacial score (nSPS) is 49.6. The average Bonchev–Trinajstić information content (AvgIpc) is 3.10. The minimum atomic E-state index is -1.94. The van der Waals surface area contributed by atoms with Gasteiger partial charge in [0.15, 0.2) is 12.6 Å². The number of methoxy groups -OCH3 is 2. The first-order valence-corrected chi connectivity index (χ1v) is 19.2. The second-order valence-electron chi connectivity index (χ2n) is 17.0. The number of carbonyl (C=O) groups is 1. The molecule has 0 spiro atoms. The van der Waals surface area contributed by atoms with E-state index >= 15 is 0 Å². The molecule has 3 rings (SSSR count). The van der Waals surface area contributed by atoms with Crippen molar-refractivity contribution < 1.29 is 58.4 Å². The smallest absolute Gasteiger partial charge is 0.311 e. The summed E-state index contributed by atoms with van der Waals surface area (Å²) in [6, 6.07) is -1.28. The van der Waals surface area contributed by atoms with Crippen LogP contribution in [0.1, 0.15) is 94.9 Å². The van der Waals surface area contributed by atoms with E-state index in [9.17, 15) is 30.1 Å².